The maximum atomic E-state index is 6.22. The Morgan fingerprint density at radius 2 is 0.811 bits per heavy atom. The van der Waals surface area contributed by atoms with Crippen molar-refractivity contribution in [1.82, 2.24) is 15.0 Å². The Morgan fingerprint density at radius 3 is 1.60 bits per heavy atom. The fraction of sp³-hybridized carbons (Fsp3) is 0. The van der Waals surface area contributed by atoms with Gasteiger partial charge in [-0.25, -0.2) is 15.0 Å². The van der Waals surface area contributed by atoms with Gasteiger partial charge in [0.2, 0.25) is 0 Å². The first kappa shape index (κ1) is 30.6. The van der Waals surface area contributed by atoms with Gasteiger partial charge in [0.15, 0.2) is 17.5 Å². The van der Waals surface area contributed by atoms with Gasteiger partial charge in [0, 0.05) is 27.5 Å². The van der Waals surface area contributed by atoms with E-state index >= 15 is 0 Å². The van der Waals surface area contributed by atoms with Crippen LogP contribution in [-0.2, 0) is 0 Å². The van der Waals surface area contributed by atoms with Gasteiger partial charge in [0.1, 0.15) is 11.2 Å². The van der Waals surface area contributed by atoms with Gasteiger partial charge in [-0.3, -0.25) is 0 Å². The monoisotopic (exact) mass is 677 g/mol. The topological polar surface area (TPSA) is 51.8 Å². The van der Waals surface area contributed by atoms with Crippen LogP contribution < -0.4 is 0 Å². The number of nitrogens with zero attached hydrogens (tertiary/aromatic N) is 3. The molecule has 0 fully saturated rings. The Morgan fingerprint density at radius 1 is 0.302 bits per heavy atom. The van der Waals surface area contributed by atoms with Crippen molar-refractivity contribution in [2.45, 2.75) is 0 Å². The van der Waals surface area contributed by atoms with E-state index in [2.05, 4.69) is 158 Å². The molecule has 4 heteroatoms. The summed E-state index contributed by atoms with van der Waals surface area (Å²) in [5.74, 6) is 1.85. The lowest BCUT2D eigenvalue weighted by Crippen LogP contribution is -2.00. The van der Waals surface area contributed by atoms with Gasteiger partial charge in [-0.2, -0.15) is 0 Å². The normalized spacial score (nSPS) is 11.4. The third kappa shape index (κ3) is 5.73. The third-order valence-corrected chi connectivity index (χ3v) is 9.92. The van der Waals surface area contributed by atoms with Crippen LogP contribution in [0.3, 0.4) is 0 Å². The molecular formula is C49H31N3O. The minimum Gasteiger partial charge on any atom is -0.456 e. The van der Waals surface area contributed by atoms with Gasteiger partial charge >= 0.3 is 0 Å². The highest BCUT2D eigenvalue weighted by atomic mass is 16.3. The molecule has 0 amide bonds. The number of aromatic nitrogens is 3. The van der Waals surface area contributed by atoms with Crippen molar-refractivity contribution in [3.63, 3.8) is 0 Å². The zero-order valence-electron chi connectivity index (χ0n) is 28.6. The van der Waals surface area contributed by atoms with Crippen LogP contribution in [0.5, 0.6) is 0 Å². The summed E-state index contributed by atoms with van der Waals surface area (Å²) in [5, 5.41) is 4.64. The second kappa shape index (κ2) is 12.9. The van der Waals surface area contributed by atoms with E-state index in [-0.39, 0.29) is 0 Å². The van der Waals surface area contributed by atoms with Crippen molar-refractivity contribution in [2.75, 3.05) is 0 Å². The number of hydrogen-bond acceptors (Lipinski definition) is 4. The van der Waals surface area contributed by atoms with Crippen LogP contribution in [0.2, 0.25) is 0 Å². The molecule has 0 N–H and O–H groups in total. The van der Waals surface area contributed by atoms with Crippen molar-refractivity contribution in [1.29, 1.82) is 0 Å². The fourth-order valence-corrected chi connectivity index (χ4v) is 7.25. The summed E-state index contributed by atoms with van der Waals surface area (Å²) in [6.07, 6.45) is 0. The van der Waals surface area contributed by atoms with Crippen molar-refractivity contribution in [3.05, 3.63) is 188 Å². The summed E-state index contributed by atoms with van der Waals surface area (Å²) < 4.78 is 6.22. The predicted molar refractivity (Wildman–Crippen MR) is 217 cm³/mol. The summed E-state index contributed by atoms with van der Waals surface area (Å²) in [5.41, 5.74) is 11.2. The van der Waals surface area contributed by atoms with Crippen molar-refractivity contribution in [2.24, 2.45) is 0 Å². The molecule has 0 bridgehead atoms. The molecule has 53 heavy (non-hydrogen) atoms. The van der Waals surface area contributed by atoms with Gasteiger partial charge in [-0.15, -0.1) is 0 Å². The first-order valence-corrected chi connectivity index (χ1v) is 17.8. The Labute approximate surface area is 306 Å². The zero-order chi connectivity index (χ0) is 35.1. The molecule has 2 heterocycles. The van der Waals surface area contributed by atoms with Crippen molar-refractivity contribution in [3.8, 4) is 67.5 Å². The molecule has 10 rings (SSSR count). The summed E-state index contributed by atoms with van der Waals surface area (Å²) >= 11 is 0. The Bertz CT molecular complexity index is 2950. The molecule has 0 saturated heterocycles. The minimum atomic E-state index is 0.611. The molecule has 0 atom stereocenters. The van der Waals surface area contributed by atoms with Gasteiger partial charge < -0.3 is 4.42 Å². The van der Waals surface area contributed by atoms with E-state index in [0.717, 1.165) is 66.4 Å². The highest BCUT2D eigenvalue weighted by Gasteiger charge is 2.16. The van der Waals surface area contributed by atoms with Gasteiger partial charge in [-0.05, 0) is 74.5 Å². The standard InChI is InChI=1S/C49H31N3O/c1-2-11-32(12-3-1)37-15-8-17-40(30-37)48-50-47(35-26-23-34(24-27-35)38-28-25-33-13-4-5-14-36(33)29-38)51-49(52-48)41-18-9-16-39(31-41)42-20-10-22-45-46(42)43-19-6-7-21-44(43)53-45/h1-31H. The molecule has 0 aliphatic carbocycles. The summed E-state index contributed by atoms with van der Waals surface area (Å²) in [6, 6.07) is 65.2. The lowest BCUT2D eigenvalue weighted by Gasteiger charge is -2.11. The number of para-hydroxylation sites is 1. The predicted octanol–water partition coefficient (Wildman–Crippen LogP) is 12.9. The molecule has 10 aromatic rings. The van der Waals surface area contributed by atoms with Gasteiger partial charge in [0.05, 0.1) is 0 Å². The van der Waals surface area contributed by atoms with Crippen molar-refractivity contribution >= 4 is 32.7 Å². The van der Waals surface area contributed by atoms with E-state index in [0.29, 0.717) is 17.5 Å². The molecule has 2 aromatic heterocycles. The quantitative estimate of drug-likeness (QED) is 0.176. The molecule has 0 saturated carbocycles. The van der Waals surface area contributed by atoms with E-state index in [1.54, 1.807) is 0 Å². The van der Waals surface area contributed by atoms with Crippen LogP contribution in [-0.4, -0.2) is 15.0 Å². The molecule has 0 aliphatic heterocycles. The lowest BCUT2D eigenvalue weighted by molar-refractivity contribution is 0.669. The molecule has 8 aromatic carbocycles. The molecule has 0 unspecified atom stereocenters. The van der Waals surface area contributed by atoms with E-state index in [1.165, 1.54) is 16.3 Å². The second-order valence-corrected chi connectivity index (χ2v) is 13.3. The van der Waals surface area contributed by atoms with Crippen LogP contribution in [0.4, 0.5) is 0 Å². The largest absolute Gasteiger partial charge is 0.456 e. The highest BCUT2D eigenvalue weighted by molar-refractivity contribution is 6.12. The number of furan rings is 1. The highest BCUT2D eigenvalue weighted by Crippen LogP contribution is 2.38. The van der Waals surface area contributed by atoms with Crippen LogP contribution in [0.15, 0.2) is 192 Å². The maximum Gasteiger partial charge on any atom is 0.164 e. The molecule has 4 nitrogen and oxygen atoms in total. The van der Waals surface area contributed by atoms with Crippen LogP contribution in [0.1, 0.15) is 0 Å². The van der Waals surface area contributed by atoms with E-state index in [1.807, 2.05) is 30.3 Å². The first-order chi connectivity index (χ1) is 26.2. The summed E-state index contributed by atoms with van der Waals surface area (Å²) in [6.45, 7) is 0. The summed E-state index contributed by atoms with van der Waals surface area (Å²) in [4.78, 5) is 15.3. The first-order valence-electron chi connectivity index (χ1n) is 17.8. The average Bonchev–Trinajstić information content (AvgIpc) is 3.63. The smallest absolute Gasteiger partial charge is 0.164 e. The Balaban J connectivity index is 1.10. The molecule has 0 spiro atoms. The average molecular weight is 678 g/mol. The Hall–Kier alpha value is -7.17. The maximum absolute atomic E-state index is 6.22. The summed E-state index contributed by atoms with van der Waals surface area (Å²) in [7, 11) is 0. The number of hydrogen-bond donors (Lipinski definition) is 0. The molecule has 0 radical (unpaired) electrons. The van der Waals surface area contributed by atoms with Crippen LogP contribution in [0, 0.1) is 0 Å². The zero-order valence-corrected chi connectivity index (χ0v) is 28.6. The fourth-order valence-electron chi connectivity index (χ4n) is 7.25. The number of fused-ring (bicyclic) bond motifs is 4. The minimum absolute atomic E-state index is 0.611. The number of benzene rings is 8. The van der Waals surface area contributed by atoms with Crippen LogP contribution >= 0.6 is 0 Å². The van der Waals surface area contributed by atoms with E-state index in [4.69, 9.17) is 19.4 Å². The van der Waals surface area contributed by atoms with Gasteiger partial charge in [-0.1, -0.05) is 158 Å². The third-order valence-electron chi connectivity index (χ3n) is 9.92. The number of rotatable bonds is 6. The van der Waals surface area contributed by atoms with E-state index < -0.39 is 0 Å². The Kier molecular flexibility index (Phi) is 7.43. The SMILES string of the molecule is c1ccc(-c2cccc(-c3nc(-c4ccc(-c5ccc6ccccc6c5)cc4)nc(-c4cccc(-c5cccc6oc7ccccc7c56)c4)n3)c2)cc1. The van der Waals surface area contributed by atoms with Crippen molar-refractivity contribution < 1.29 is 4.42 Å². The molecular weight excluding hydrogens is 647 g/mol. The van der Waals surface area contributed by atoms with Crippen LogP contribution in [0.25, 0.3) is 100 Å². The molecule has 248 valence electrons. The molecule has 0 aliphatic rings. The van der Waals surface area contributed by atoms with E-state index in [9.17, 15) is 0 Å². The van der Waals surface area contributed by atoms with Gasteiger partial charge in [0.25, 0.3) is 0 Å². The second-order valence-electron chi connectivity index (χ2n) is 13.3. The lowest BCUT2D eigenvalue weighted by atomic mass is 9.97.